The van der Waals surface area contributed by atoms with Gasteiger partial charge in [0.05, 0.1) is 10.2 Å². The fourth-order valence-electron chi connectivity index (χ4n) is 2.37. The van der Waals surface area contributed by atoms with Gasteiger partial charge in [-0.2, -0.15) is 0 Å². The minimum Gasteiger partial charge on any atom is -0.351 e. The van der Waals surface area contributed by atoms with Crippen LogP contribution in [0.4, 0.5) is 4.39 Å². The first-order valence-electron chi connectivity index (χ1n) is 8.39. The quantitative estimate of drug-likeness (QED) is 0.507. The minimum atomic E-state index is -0.420. The van der Waals surface area contributed by atoms with Gasteiger partial charge in [-0.1, -0.05) is 18.2 Å². The van der Waals surface area contributed by atoms with Crippen molar-refractivity contribution in [3.05, 3.63) is 70.5 Å². The number of aryl methyl sites for hydroxylation is 1. The smallest absolute Gasteiger partial charge is 0.251 e. The van der Waals surface area contributed by atoms with Crippen molar-refractivity contribution in [1.82, 2.24) is 15.6 Å². The zero-order valence-electron chi connectivity index (χ0n) is 14.7. The Morgan fingerprint density at radius 2 is 1.93 bits per heavy atom. The zero-order chi connectivity index (χ0) is 19.2. The molecule has 0 saturated heterocycles. The predicted octanol–water partition coefficient (Wildman–Crippen LogP) is 3.30. The Balaban J connectivity index is 1.43. The second-order valence-corrected chi connectivity index (χ2v) is 6.93. The number of carbonyl (C=O) groups is 2. The minimum absolute atomic E-state index is 0.245. The Morgan fingerprint density at radius 1 is 1.15 bits per heavy atom. The summed E-state index contributed by atoms with van der Waals surface area (Å²) in [5.41, 5.74) is 1.64. The molecule has 138 valence electrons. The lowest BCUT2D eigenvalue weighted by Crippen LogP contribution is -2.34. The molecule has 1 aromatic heterocycles. The molecule has 0 fully saturated rings. The molecule has 0 atom stereocenters. The van der Waals surface area contributed by atoms with Crippen LogP contribution in [-0.2, 0) is 4.79 Å². The van der Waals surface area contributed by atoms with E-state index in [2.05, 4.69) is 15.6 Å². The Hall–Kier alpha value is -3.06. The lowest BCUT2D eigenvalue weighted by atomic mass is 10.1. The van der Waals surface area contributed by atoms with Crippen LogP contribution < -0.4 is 10.6 Å². The number of hydrogen-bond acceptors (Lipinski definition) is 4. The van der Waals surface area contributed by atoms with Crippen LogP contribution >= 0.6 is 11.3 Å². The summed E-state index contributed by atoms with van der Waals surface area (Å²) >= 11 is 1.51. The van der Waals surface area contributed by atoms with E-state index in [0.29, 0.717) is 5.56 Å². The normalized spacial score (nSPS) is 11.0. The molecule has 27 heavy (non-hydrogen) atoms. The van der Waals surface area contributed by atoms with Crippen LogP contribution in [0.1, 0.15) is 20.9 Å². The zero-order valence-corrected chi connectivity index (χ0v) is 15.5. The Labute approximate surface area is 159 Å². The van der Waals surface area contributed by atoms with Gasteiger partial charge in [-0.15, -0.1) is 11.3 Å². The van der Waals surface area contributed by atoms with E-state index in [1.165, 1.54) is 23.5 Å². The third-order valence-electron chi connectivity index (χ3n) is 3.83. The van der Waals surface area contributed by atoms with E-state index in [1.807, 2.05) is 24.3 Å². The topological polar surface area (TPSA) is 71.1 Å². The summed E-state index contributed by atoms with van der Waals surface area (Å²) in [5, 5.41) is 6.07. The van der Waals surface area contributed by atoms with Crippen molar-refractivity contribution >= 4 is 39.4 Å². The molecule has 2 amide bonds. The van der Waals surface area contributed by atoms with Crippen molar-refractivity contribution in [2.45, 2.75) is 6.92 Å². The van der Waals surface area contributed by atoms with Gasteiger partial charge in [0, 0.05) is 24.7 Å². The molecule has 5 nitrogen and oxygen atoms in total. The molecular formula is C20H18FN3O2S. The molecule has 2 N–H and O–H groups in total. The van der Waals surface area contributed by atoms with Crippen LogP contribution in [-0.4, -0.2) is 29.9 Å². The average Bonchev–Trinajstić information content (AvgIpc) is 3.08. The molecule has 7 heteroatoms. The van der Waals surface area contributed by atoms with E-state index in [9.17, 15) is 14.0 Å². The number of thiazole rings is 1. The second-order valence-electron chi connectivity index (χ2n) is 5.86. The van der Waals surface area contributed by atoms with Crippen molar-refractivity contribution in [3.8, 4) is 0 Å². The third-order valence-corrected chi connectivity index (χ3v) is 4.83. The highest BCUT2D eigenvalue weighted by molar-refractivity contribution is 7.19. The summed E-state index contributed by atoms with van der Waals surface area (Å²) in [7, 11) is 0. The molecular weight excluding hydrogens is 365 g/mol. The van der Waals surface area contributed by atoms with Crippen molar-refractivity contribution < 1.29 is 14.0 Å². The van der Waals surface area contributed by atoms with Gasteiger partial charge in [0.2, 0.25) is 5.91 Å². The molecule has 0 saturated carbocycles. The maximum atomic E-state index is 13.5. The fourth-order valence-corrected chi connectivity index (χ4v) is 3.24. The monoisotopic (exact) mass is 383 g/mol. The van der Waals surface area contributed by atoms with Crippen LogP contribution in [0.2, 0.25) is 0 Å². The predicted molar refractivity (Wildman–Crippen MR) is 105 cm³/mol. The van der Waals surface area contributed by atoms with Crippen LogP contribution in [0.3, 0.4) is 0 Å². The maximum Gasteiger partial charge on any atom is 0.251 e. The Morgan fingerprint density at radius 3 is 2.70 bits per heavy atom. The molecule has 0 aliphatic rings. The van der Waals surface area contributed by atoms with Crippen LogP contribution in [0.25, 0.3) is 16.3 Å². The molecule has 0 radical (unpaired) electrons. The SMILES string of the molecule is Cc1ccc(C(=O)NCCNC(=O)/C=C/c2nc3ccccc3s2)cc1F. The number of amides is 2. The van der Waals surface area contributed by atoms with Gasteiger partial charge < -0.3 is 10.6 Å². The fraction of sp³-hybridized carbons (Fsp3) is 0.150. The van der Waals surface area contributed by atoms with E-state index in [0.717, 1.165) is 15.2 Å². The van der Waals surface area contributed by atoms with Crippen molar-refractivity contribution in [3.63, 3.8) is 0 Å². The average molecular weight is 383 g/mol. The van der Waals surface area contributed by atoms with Crippen molar-refractivity contribution in [2.75, 3.05) is 13.1 Å². The standard InChI is InChI=1S/C20H18FN3O2S/c1-13-6-7-14(12-15(13)21)20(26)23-11-10-22-18(25)8-9-19-24-16-4-2-3-5-17(16)27-19/h2-9,12H,10-11H2,1H3,(H,22,25)(H,23,26)/b9-8+. The number of carbonyl (C=O) groups excluding carboxylic acids is 2. The molecule has 2 aromatic carbocycles. The van der Waals surface area contributed by atoms with Gasteiger partial charge in [0.1, 0.15) is 10.8 Å². The molecule has 0 aliphatic carbocycles. The number of nitrogens with zero attached hydrogens (tertiary/aromatic N) is 1. The summed E-state index contributed by atoms with van der Waals surface area (Å²) in [6.45, 7) is 2.15. The van der Waals surface area contributed by atoms with E-state index in [-0.39, 0.29) is 30.5 Å². The third kappa shape index (κ3) is 4.98. The molecule has 0 unspecified atom stereocenters. The number of halogens is 1. The van der Waals surface area contributed by atoms with E-state index in [1.54, 1.807) is 25.1 Å². The van der Waals surface area contributed by atoms with Gasteiger partial charge in [0.25, 0.3) is 5.91 Å². The van der Waals surface area contributed by atoms with Crippen molar-refractivity contribution in [1.29, 1.82) is 0 Å². The number of hydrogen-bond donors (Lipinski definition) is 2. The van der Waals surface area contributed by atoms with Gasteiger partial charge in [-0.05, 0) is 42.8 Å². The van der Waals surface area contributed by atoms with E-state index < -0.39 is 5.82 Å². The lowest BCUT2D eigenvalue weighted by Gasteiger charge is -2.06. The molecule has 0 bridgehead atoms. The number of aromatic nitrogens is 1. The maximum absolute atomic E-state index is 13.5. The van der Waals surface area contributed by atoms with Gasteiger partial charge in [0.15, 0.2) is 0 Å². The number of benzene rings is 2. The molecule has 1 heterocycles. The highest BCUT2D eigenvalue weighted by Gasteiger charge is 2.07. The summed E-state index contributed by atoms with van der Waals surface area (Å²) < 4.78 is 14.5. The largest absolute Gasteiger partial charge is 0.351 e. The molecule has 3 aromatic rings. The Bertz CT molecular complexity index is 980. The van der Waals surface area contributed by atoms with Gasteiger partial charge >= 0.3 is 0 Å². The van der Waals surface area contributed by atoms with E-state index in [4.69, 9.17) is 0 Å². The van der Waals surface area contributed by atoms with Gasteiger partial charge in [-0.3, -0.25) is 9.59 Å². The Kier molecular flexibility index (Phi) is 5.93. The second kappa shape index (κ2) is 8.55. The molecule has 3 rings (SSSR count). The number of fused-ring (bicyclic) bond motifs is 1. The highest BCUT2D eigenvalue weighted by atomic mass is 32.1. The lowest BCUT2D eigenvalue weighted by molar-refractivity contribution is -0.116. The van der Waals surface area contributed by atoms with E-state index >= 15 is 0 Å². The summed E-state index contributed by atoms with van der Waals surface area (Å²) in [6.07, 6.45) is 3.07. The first-order chi connectivity index (χ1) is 13.0. The summed E-state index contributed by atoms with van der Waals surface area (Å²) in [5.74, 6) is -1.08. The number of rotatable bonds is 6. The van der Waals surface area contributed by atoms with Crippen LogP contribution in [0.15, 0.2) is 48.5 Å². The highest BCUT2D eigenvalue weighted by Crippen LogP contribution is 2.22. The summed E-state index contributed by atoms with van der Waals surface area (Å²) in [4.78, 5) is 28.2. The van der Waals surface area contributed by atoms with Gasteiger partial charge in [-0.25, -0.2) is 9.37 Å². The number of nitrogens with one attached hydrogen (secondary N) is 2. The molecule has 0 spiro atoms. The first-order valence-corrected chi connectivity index (χ1v) is 9.20. The van der Waals surface area contributed by atoms with Crippen molar-refractivity contribution in [2.24, 2.45) is 0 Å². The first kappa shape index (κ1) is 18.7. The van der Waals surface area contributed by atoms with Crippen LogP contribution in [0, 0.1) is 12.7 Å². The number of para-hydroxylation sites is 1. The summed E-state index contributed by atoms with van der Waals surface area (Å²) in [6, 6.07) is 12.1. The van der Waals surface area contributed by atoms with Crippen LogP contribution in [0.5, 0.6) is 0 Å². The molecule has 0 aliphatic heterocycles.